The van der Waals surface area contributed by atoms with Gasteiger partial charge in [-0.05, 0) is 26.0 Å². The lowest BCUT2D eigenvalue weighted by Gasteiger charge is -2.35. The maximum atomic E-state index is 5.24. The van der Waals surface area contributed by atoms with E-state index in [1.165, 1.54) is 0 Å². The number of hydrogen-bond donors (Lipinski definition) is 1. The zero-order valence-electron chi connectivity index (χ0n) is 11.2. The molecule has 1 N–H and O–H groups in total. The van der Waals surface area contributed by atoms with Gasteiger partial charge in [-0.15, -0.1) is 0 Å². The summed E-state index contributed by atoms with van der Waals surface area (Å²) in [5, 5.41) is 7.51. The highest BCUT2D eigenvalue weighted by Crippen LogP contribution is 2.18. The Hall–Kier alpha value is -1.66. The Morgan fingerprint density at radius 2 is 2.16 bits per heavy atom. The fraction of sp³-hybridized carbons (Fsp3) is 0.538. The van der Waals surface area contributed by atoms with Crippen molar-refractivity contribution in [3.63, 3.8) is 0 Å². The minimum Gasteiger partial charge on any atom is -0.459 e. The highest BCUT2D eigenvalue weighted by molar-refractivity contribution is 5.42. The summed E-state index contributed by atoms with van der Waals surface area (Å²) in [6.45, 7) is 7.07. The zero-order chi connectivity index (χ0) is 13.2. The van der Waals surface area contributed by atoms with Gasteiger partial charge in [0.15, 0.2) is 11.6 Å². The molecule has 0 spiro atoms. The molecule has 2 atom stereocenters. The molecule has 0 radical (unpaired) electrons. The van der Waals surface area contributed by atoms with Gasteiger partial charge in [0.1, 0.15) is 0 Å². The molecular formula is C13H18N4O2. The van der Waals surface area contributed by atoms with Crippen LogP contribution < -0.4 is 5.32 Å². The van der Waals surface area contributed by atoms with Gasteiger partial charge in [0.2, 0.25) is 0 Å². The summed E-state index contributed by atoms with van der Waals surface area (Å²) in [4.78, 5) is 6.70. The number of nitrogens with zero attached hydrogens (tertiary/aromatic N) is 3. The molecule has 1 fully saturated rings. The summed E-state index contributed by atoms with van der Waals surface area (Å²) in [5.74, 6) is 1.75. The third-order valence-corrected chi connectivity index (χ3v) is 3.20. The van der Waals surface area contributed by atoms with Crippen molar-refractivity contribution in [2.75, 3.05) is 13.1 Å². The van der Waals surface area contributed by atoms with Crippen LogP contribution in [-0.4, -0.2) is 40.2 Å². The normalized spacial score (nSPS) is 24.7. The summed E-state index contributed by atoms with van der Waals surface area (Å²) in [7, 11) is 0. The lowest BCUT2D eigenvalue weighted by atomic mass is 10.1. The minimum atomic E-state index is 0.441. The SMILES string of the molecule is CC1CN(Cc2noc(-c3ccco3)n2)CC(C)N1. The van der Waals surface area contributed by atoms with Gasteiger partial charge in [-0.2, -0.15) is 4.98 Å². The number of furan rings is 1. The molecular weight excluding hydrogens is 244 g/mol. The van der Waals surface area contributed by atoms with Gasteiger partial charge in [0.05, 0.1) is 12.8 Å². The molecule has 0 aromatic carbocycles. The van der Waals surface area contributed by atoms with Crippen molar-refractivity contribution in [2.45, 2.75) is 32.5 Å². The van der Waals surface area contributed by atoms with E-state index in [4.69, 9.17) is 8.94 Å². The van der Waals surface area contributed by atoms with Gasteiger partial charge in [-0.25, -0.2) is 0 Å². The van der Waals surface area contributed by atoms with E-state index in [9.17, 15) is 0 Å². The van der Waals surface area contributed by atoms with E-state index in [0.29, 0.717) is 36.1 Å². The standard InChI is InChI=1S/C13H18N4O2/c1-9-6-17(7-10(2)14-9)8-12-15-13(19-16-12)11-4-3-5-18-11/h3-5,9-10,14H,6-8H2,1-2H3. The second kappa shape index (κ2) is 5.14. The molecule has 19 heavy (non-hydrogen) atoms. The molecule has 1 aliphatic rings. The van der Waals surface area contributed by atoms with Gasteiger partial charge in [-0.1, -0.05) is 5.16 Å². The van der Waals surface area contributed by atoms with Gasteiger partial charge < -0.3 is 14.3 Å². The van der Waals surface area contributed by atoms with Crippen molar-refractivity contribution in [3.05, 3.63) is 24.2 Å². The van der Waals surface area contributed by atoms with Crippen LogP contribution in [0.4, 0.5) is 0 Å². The number of rotatable bonds is 3. The largest absolute Gasteiger partial charge is 0.459 e. The smallest absolute Gasteiger partial charge is 0.293 e. The molecule has 0 aliphatic carbocycles. The molecule has 3 rings (SSSR count). The Morgan fingerprint density at radius 3 is 2.84 bits per heavy atom. The molecule has 0 amide bonds. The molecule has 0 saturated carbocycles. The van der Waals surface area contributed by atoms with E-state index >= 15 is 0 Å². The Bertz CT molecular complexity index is 512. The molecule has 3 heterocycles. The molecule has 102 valence electrons. The van der Waals surface area contributed by atoms with E-state index in [0.717, 1.165) is 13.1 Å². The Balaban J connectivity index is 1.67. The van der Waals surface area contributed by atoms with Gasteiger partial charge in [0.25, 0.3) is 5.89 Å². The molecule has 6 nitrogen and oxygen atoms in total. The van der Waals surface area contributed by atoms with Crippen molar-refractivity contribution in [1.82, 2.24) is 20.4 Å². The molecule has 1 saturated heterocycles. The van der Waals surface area contributed by atoms with Crippen LogP contribution in [-0.2, 0) is 6.54 Å². The lowest BCUT2D eigenvalue weighted by molar-refractivity contribution is 0.161. The van der Waals surface area contributed by atoms with Gasteiger partial charge in [-0.3, -0.25) is 4.90 Å². The Morgan fingerprint density at radius 1 is 1.37 bits per heavy atom. The van der Waals surface area contributed by atoms with Crippen molar-refractivity contribution < 1.29 is 8.94 Å². The van der Waals surface area contributed by atoms with Crippen LogP contribution in [0.1, 0.15) is 19.7 Å². The first-order valence-electron chi connectivity index (χ1n) is 6.55. The molecule has 2 aromatic heterocycles. The fourth-order valence-electron chi connectivity index (χ4n) is 2.59. The first kappa shape index (κ1) is 12.4. The predicted octanol–water partition coefficient (Wildman–Crippen LogP) is 1.51. The van der Waals surface area contributed by atoms with Crippen LogP contribution in [0.25, 0.3) is 11.7 Å². The monoisotopic (exact) mass is 262 g/mol. The lowest BCUT2D eigenvalue weighted by Crippen LogP contribution is -2.53. The highest BCUT2D eigenvalue weighted by atomic mass is 16.5. The predicted molar refractivity (Wildman–Crippen MR) is 69.3 cm³/mol. The van der Waals surface area contributed by atoms with Crippen LogP contribution in [0.2, 0.25) is 0 Å². The Kier molecular flexibility index (Phi) is 3.35. The number of aromatic nitrogens is 2. The number of nitrogens with one attached hydrogen (secondary N) is 1. The van der Waals surface area contributed by atoms with E-state index in [1.54, 1.807) is 12.3 Å². The molecule has 1 aliphatic heterocycles. The summed E-state index contributed by atoms with van der Waals surface area (Å²) < 4.78 is 10.4. The van der Waals surface area contributed by atoms with Crippen LogP contribution in [0.15, 0.2) is 27.3 Å². The van der Waals surface area contributed by atoms with Crippen LogP contribution in [0.5, 0.6) is 0 Å². The Labute approximate surface area is 111 Å². The van der Waals surface area contributed by atoms with Crippen molar-refractivity contribution in [3.8, 4) is 11.7 Å². The van der Waals surface area contributed by atoms with Crippen LogP contribution >= 0.6 is 0 Å². The van der Waals surface area contributed by atoms with Crippen molar-refractivity contribution in [2.24, 2.45) is 0 Å². The molecule has 0 bridgehead atoms. The average molecular weight is 262 g/mol. The maximum absolute atomic E-state index is 5.24. The fourth-order valence-corrected chi connectivity index (χ4v) is 2.59. The maximum Gasteiger partial charge on any atom is 0.293 e. The summed E-state index contributed by atoms with van der Waals surface area (Å²) in [6, 6.07) is 4.59. The quantitative estimate of drug-likeness (QED) is 0.904. The topological polar surface area (TPSA) is 67.3 Å². The summed E-state index contributed by atoms with van der Waals surface area (Å²) >= 11 is 0. The van der Waals surface area contributed by atoms with Crippen molar-refractivity contribution >= 4 is 0 Å². The third-order valence-electron chi connectivity index (χ3n) is 3.20. The highest BCUT2D eigenvalue weighted by Gasteiger charge is 2.22. The van der Waals surface area contributed by atoms with E-state index in [1.807, 2.05) is 6.07 Å². The van der Waals surface area contributed by atoms with Crippen molar-refractivity contribution in [1.29, 1.82) is 0 Å². The second-order valence-corrected chi connectivity index (χ2v) is 5.16. The van der Waals surface area contributed by atoms with Crippen LogP contribution in [0, 0.1) is 0 Å². The third kappa shape index (κ3) is 2.85. The summed E-state index contributed by atoms with van der Waals surface area (Å²) in [6.07, 6.45) is 1.60. The van der Waals surface area contributed by atoms with Gasteiger partial charge >= 0.3 is 0 Å². The minimum absolute atomic E-state index is 0.441. The number of hydrogen-bond acceptors (Lipinski definition) is 6. The average Bonchev–Trinajstić information content (AvgIpc) is 2.96. The van der Waals surface area contributed by atoms with E-state index in [-0.39, 0.29) is 0 Å². The van der Waals surface area contributed by atoms with E-state index < -0.39 is 0 Å². The number of piperazine rings is 1. The molecule has 6 heteroatoms. The molecule has 2 unspecified atom stereocenters. The van der Waals surface area contributed by atoms with Gasteiger partial charge in [0, 0.05) is 25.2 Å². The first-order chi connectivity index (χ1) is 9.20. The van der Waals surface area contributed by atoms with E-state index in [2.05, 4.69) is 34.2 Å². The zero-order valence-corrected chi connectivity index (χ0v) is 11.2. The second-order valence-electron chi connectivity index (χ2n) is 5.16. The summed E-state index contributed by atoms with van der Waals surface area (Å²) in [5.41, 5.74) is 0. The molecule has 2 aromatic rings. The van der Waals surface area contributed by atoms with Crippen LogP contribution in [0.3, 0.4) is 0 Å². The first-order valence-corrected chi connectivity index (χ1v) is 6.55.